The van der Waals surface area contributed by atoms with Gasteiger partial charge < -0.3 is 18.9 Å². The molecule has 1 aliphatic carbocycles. The fourth-order valence-electron chi connectivity index (χ4n) is 8.46. The Morgan fingerprint density at radius 3 is 0.688 bits per heavy atom. The molecule has 352 valence electrons. The molecule has 4 aromatic rings. The normalized spacial score (nSPS) is 13.5. The number of alkyl halides is 2. The van der Waals surface area contributed by atoms with Crippen LogP contribution in [0.4, 0.5) is 0 Å². The molecule has 0 saturated heterocycles. The predicted octanol–water partition coefficient (Wildman–Crippen LogP) is 16.2. The molecule has 0 unspecified atom stereocenters. The third-order valence-electron chi connectivity index (χ3n) is 12.5. The van der Waals surface area contributed by atoms with Gasteiger partial charge in [-0.05, 0) is 114 Å². The van der Waals surface area contributed by atoms with Crippen molar-refractivity contribution in [2.45, 2.75) is 183 Å². The van der Waals surface area contributed by atoms with Gasteiger partial charge in [0.1, 0.15) is 23.0 Å². The molecule has 1 aliphatic rings. The zero-order valence-electron chi connectivity index (χ0n) is 42.3. The second kappa shape index (κ2) is 22.2. The summed E-state index contributed by atoms with van der Waals surface area (Å²) in [5.41, 5.74) is 14.5. The average molecular weight is 1000 g/mol. The molecule has 5 rings (SSSR count). The second-order valence-electron chi connectivity index (χ2n) is 22.4. The van der Waals surface area contributed by atoms with Gasteiger partial charge >= 0.3 is 0 Å². The highest BCUT2D eigenvalue weighted by molar-refractivity contribution is 9.09. The molecule has 0 atom stereocenters. The van der Waals surface area contributed by atoms with E-state index in [-0.39, 0.29) is 21.7 Å². The van der Waals surface area contributed by atoms with E-state index >= 15 is 0 Å². The zero-order chi connectivity index (χ0) is 47.0. The molecular weight excluding hydrogens is 920 g/mol. The molecule has 64 heavy (non-hydrogen) atoms. The van der Waals surface area contributed by atoms with Gasteiger partial charge in [-0.25, -0.2) is 0 Å². The summed E-state index contributed by atoms with van der Waals surface area (Å²) in [6.45, 7) is 35.1. The van der Waals surface area contributed by atoms with Crippen LogP contribution in [0.15, 0.2) is 48.5 Å². The smallest absolute Gasteiger partial charge is 0.126 e. The maximum atomic E-state index is 7.07. The number of benzene rings is 4. The molecule has 0 spiro atoms. The first-order valence-corrected chi connectivity index (χ1v) is 26.6. The first-order chi connectivity index (χ1) is 30.1. The van der Waals surface area contributed by atoms with Crippen LogP contribution in [0.5, 0.6) is 23.0 Å². The van der Waals surface area contributed by atoms with Crippen molar-refractivity contribution in [1.29, 1.82) is 0 Å². The summed E-state index contributed by atoms with van der Waals surface area (Å²) < 4.78 is 28.2. The predicted molar refractivity (Wildman–Crippen MR) is 280 cm³/mol. The van der Waals surface area contributed by atoms with E-state index in [0.717, 1.165) is 72.2 Å². The van der Waals surface area contributed by atoms with Gasteiger partial charge in [0.25, 0.3) is 0 Å². The average Bonchev–Trinajstić information content (AvgIpc) is 3.19. The SMILES string of the molecule is CCCCOc1c2cc(C(C)(C)C)cc1Cc1cc(C(C)(C)C)cc(c1OCCCBr)Cc1cc(C(C)(C)C)cc(c1OCCCC)Cc1cc(C(C)(C)C)cc(c1OCCCBr)C2. The lowest BCUT2D eigenvalue weighted by atomic mass is 9.79. The Morgan fingerprint density at radius 1 is 0.344 bits per heavy atom. The Kier molecular flexibility index (Phi) is 18.1. The molecule has 0 radical (unpaired) electrons. The highest BCUT2D eigenvalue weighted by atomic mass is 79.9. The topological polar surface area (TPSA) is 36.9 Å². The molecule has 4 aromatic carbocycles. The third-order valence-corrected chi connectivity index (χ3v) is 13.6. The lowest BCUT2D eigenvalue weighted by Gasteiger charge is -2.29. The van der Waals surface area contributed by atoms with Crippen molar-refractivity contribution in [2.24, 2.45) is 0 Å². The van der Waals surface area contributed by atoms with Gasteiger partial charge in [0.05, 0.1) is 26.4 Å². The number of ether oxygens (including phenoxy) is 4. The fraction of sp³-hybridized carbons (Fsp3) is 0.586. The summed E-state index contributed by atoms with van der Waals surface area (Å²) >= 11 is 7.40. The molecule has 8 bridgehead atoms. The van der Waals surface area contributed by atoms with Crippen molar-refractivity contribution < 1.29 is 18.9 Å². The van der Waals surface area contributed by atoms with Gasteiger partial charge in [-0.1, -0.05) is 190 Å². The Bertz CT molecular complexity index is 1770. The molecule has 0 saturated carbocycles. The van der Waals surface area contributed by atoms with E-state index in [9.17, 15) is 0 Å². The summed E-state index contributed by atoms with van der Waals surface area (Å²) in [6, 6.07) is 19.5. The van der Waals surface area contributed by atoms with Crippen LogP contribution < -0.4 is 18.9 Å². The van der Waals surface area contributed by atoms with Crippen LogP contribution >= 0.6 is 31.9 Å². The van der Waals surface area contributed by atoms with Gasteiger partial charge in [0.2, 0.25) is 0 Å². The Morgan fingerprint density at radius 2 is 0.531 bits per heavy atom. The molecule has 4 nitrogen and oxygen atoms in total. The maximum Gasteiger partial charge on any atom is 0.126 e. The van der Waals surface area contributed by atoms with E-state index in [4.69, 9.17) is 18.9 Å². The highest BCUT2D eigenvalue weighted by Gasteiger charge is 2.29. The molecule has 6 heteroatoms. The fourth-order valence-corrected chi connectivity index (χ4v) is 8.92. The van der Waals surface area contributed by atoms with Gasteiger partial charge in [-0.2, -0.15) is 0 Å². The van der Waals surface area contributed by atoms with Crippen molar-refractivity contribution in [3.63, 3.8) is 0 Å². The standard InChI is InChI=1S/C58H82Br2O4/c1-15-17-23-61-51-39-27-43-35-49(57(9,10)11)37-45(53(43)63-25-19-21-59)29-41-33-48(56(6,7)8)34-42(52(41)62-24-18-16-2)30-46-38-50(58(12,13)14)36-44(54(46)64-26-20-22-60)28-40(51)32-47(31-39)55(3,4)5/h31-38H,15-30H2,1-14H3. The van der Waals surface area contributed by atoms with Crippen LogP contribution in [-0.4, -0.2) is 37.1 Å². The molecule has 0 aromatic heterocycles. The van der Waals surface area contributed by atoms with Crippen LogP contribution in [0.2, 0.25) is 0 Å². The quantitative estimate of drug-likeness (QED) is 0.0729. The van der Waals surface area contributed by atoms with E-state index in [0.29, 0.717) is 52.1 Å². The van der Waals surface area contributed by atoms with Crippen molar-refractivity contribution in [1.82, 2.24) is 0 Å². The van der Waals surface area contributed by atoms with Crippen molar-refractivity contribution >= 4 is 31.9 Å². The summed E-state index contributed by atoms with van der Waals surface area (Å²) in [4.78, 5) is 0. The first-order valence-electron chi connectivity index (χ1n) is 24.4. The summed E-state index contributed by atoms with van der Waals surface area (Å²) in [5.74, 6) is 3.99. The van der Waals surface area contributed by atoms with Crippen molar-refractivity contribution in [3.8, 4) is 23.0 Å². The minimum absolute atomic E-state index is 0.0881. The van der Waals surface area contributed by atoms with Gasteiger partial charge in [-0.3, -0.25) is 0 Å². The summed E-state index contributed by atoms with van der Waals surface area (Å²) in [7, 11) is 0. The maximum absolute atomic E-state index is 7.07. The molecule has 0 heterocycles. The summed E-state index contributed by atoms with van der Waals surface area (Å²) in [6.07, 6.45) is 8.70. The minimum atomic E-state index is -0.0881. The number of hydrogen-bond acceptors (Lipinski definition) is 4. The minimum Gasteiger partial charge on any atom is -0.493 e. The van der Waals surface area contributed by atoms with E-state index in [2.05, 4.69) is 177 Å². The zero-order valence-corrected chi connectivity index (χ0v) is 45.5. The van der Waals surface area contributed by atoms with Crippen molar-refractivity contribution in [3.05, 3.63) is 115 Å². The van der Waals surface area contributed by atoms with Crippen LogP contribution in [0.3, 0.4) is 0 Å². The monoisotopic (exact) mass is 1000 g/mol. The van der Waals surface area contributed by atoms with Crippen LogP contribution in [0.1, 0.15) is 202 Å². The first kappa shape index (κ1) is 52.0. The number of rotatable bonds is 16. The molecule has 0 aliphatic heterocycles. The van der Waals surface area contributed by atoms with Crippen LogP contribution in [0.25, 0.3) is 0 Å². The molecule has 0 fully saturated rings. The van der Waals surface area contributed by atoms with Crippen LogP contribution in [-0.2, 0) is 47.3 Å². The summed E-state index contributed by atoms with van der Waals surface area (Å²) in [5, 5.41) is 1.77. The van der Waals surface area contributed by atoms with E-state index in [1.807, 2.05) is 0 Å². The molecule has 0 amide bonds. The lowest BCUT2D eigenvalue weighted by Crippen LogP contribution is -2.18. The second-order valence-corrected chi connectivity index (χ2v) is 24.0. The highest BCUT2D eigenvalue weighted by Crippen LogP contribution is 2.44. The van der Waals surface area contributed by atoms with Gasteiger partial charge in [0.15, 0.2) is 0 Å². The van der Waals surface area contributed by atoms with E-state index < -0.39 is 0 Å². The van der Waals surface area contributed by atoms with Gasteiger partial charge in [-0.15, -0.1) is 0 Å². The Labute approximate surface area is 406 Å². The molecule has 0 N–H and O–H groups in total. The number of hydrogen-bond donors (Lipinski definition) is 0. The number of unbranched alkanes of at least 4 members (excludes halogenated alkanes) is 2. The van der Waals surface area contributed by atoms with Crippen molar-refractivity contribution in [2.75, 3.05) is 37.1 Å². The number of fused-ring (bicyclic) bond motifs is 8. The van der Waals surface area contributed by atoms with E-state index in [1.165, 1.54) is 66.8 Å². The molecular formula is C58H82Br2O4. The Balaban J connectivity index is 2.01. The Hall–Kier alpha value is -2.96. The van der Waals surface area contributed by atoms with Gasteiger partial charge in [0, 0.05) is 36.3 Å². The number of halogens is 2. The lowest BCUT2D eigenvalue weighted by molar-refractivity contribution is 0.300. The third kappa shape index (κ3) is 13.6. The largest absolute Gasteiger partial charge is 0.493 e. The van der Waals surface area contributed by atoms with E-state index in [1.54, 1.807) is 0 Å². The van der Waals surface area contributed by atoms with Crippen LogP contribution in [0, 0.1) is 0 Å².